The van der Waals surface area contributed by atoms with Gasteiger partial charge < -0.3 is 4.74 Å². The second-order valence-corrected chi connectivity index (χ2v) is 10.7. The molecule has 176 valence electrons. The Bertz CT molecular complexity index is 1090. The first-order valence-corrected chi connectivity index (χ1v) is 12.1. The summed E-state index contributed by atoms with van der Waals surface area (Å²) in [6.45, 7) is 5.70. The lowest BCUT2D eigenvalue weighted by Crippen LogP contribution is -2.43. The molecule has 3 atom stereocenters. The molecule has 2 aromatic rings. The maximum Gasteiger partial charge on any atom is 0.416 e. The molecule has 2 aliphatic rings. The lowest BCUT2D eigenvalue weighted by atomic mass is 9.81. The van der Waals surface area contributed by atoms with Crippen LogP contribution in [0.15, 0.2) is 41.3 Å². The Morgan fingerprint density at radius 3 is 2.09 bits per heavy atom. The van der Waals surface area contributed by atoms with E-state index in [1.54, 1.807) is 0 Å². The molecule has 0 spiro atoms. The van der Waals surface area contributed by atoms with Crippen LogP contribution in [-0.2, 0) is 31.3 Å². The lowest BCUT2D eigenvalue weighted by molar-refractivity contribution is -0.164. The van der Waals surface area contributed by atoms with Crippen molar-refractivity contribution >= 4 is 22.6 Å². The van der Waals surface area contributed by atoms with Crippen LogP contribution in [0.5, 0.6) is 0 Å². The number of esters is 1. The van der Waals surface area contributed by atoms with Crippen molar-refractivity contribution < 1.29 is 31.7 Å². The predicted molar refractivity (Wildman–Crippen MR) is 117 cm³/mol. The Morgan fingerprint density at radius 2 is 1.61 bits per heavy atom. The van der Waals surface area contributed by atoms with Gasteiger partial charge in [-0.05, 0) is 74.6 Å². The number of ether oxygens (including phenoxy) is 1. The van der Waals surface area contributed by atoms with Crippen molar-refractivity contribution in [2.24, 2.45) is 5.41 Å². The summed E-state index contributed by atoms with van der Waals surface area (Å²) in [6.07, 6.45) is -3.78. The van der Waals surface area contributed by atoms with Crippen molar-refractivity contribution in [2.45, 2.75) is 63.1 Å². The first-order valence-electron chi connectivity index (χ1n) is 10.8. The summed E-state index contributed by atoms with van der Waals surface area (Å²) in [5.41, 5.74) is 2.08. The van der Waals surface area contributed by atoms with Gasteiger partial charge >= 0.3 is 12.1 Å². The Kier molecular flexibility index (Phi) is 6.01. The van der Waals surface area contributed by atoms with Gasteiger partial charge in [-0.25, -0.2) is 0 Å². The van der Waals surface area contributed by atoms with E-state index in [1.807, 2.05) is 32.9 Å². The fraction of sp³-hybridized carbons (Fsp3) is 0.440. The number of carbonyl (C=O) groups excluding carboxylic acids is 2. The van der Waals surface area contributed by atoms with Crippen molar-refractivity contribution in [3.63, 3.8) is 0 Å². The van der Waals surface area contributed by atoms with Gasteiger partial charge in [0.1, 0.15) is 12.0 Å². The summed E-state index contributed by atoms with van der Waals surface area (Å²) >= 11 is 0. The molecular weight excluding hydrogens is 453 g/mol. The van der Waals surface area contributed by atoms with Gasteiger partial charge in [0.2, 0.25) is 0 Å². The molecule has 8 heteroatoms. The zero-order chi connectivity index (χ0) is 24.1. The van der Waals surface area contributed by atoms with Crippen molar-refractivity contribution in [3.8, 4) is 0 Å². The summed E-state index contributed by atoms with van der Waals surface area (Å²) in [4.78, 5) is 26.3. The second kappa shape index (κ2) is 8.38. The second-order valence-electron chi connectivity index (χ2n) is 9.22. The van der Waals surface area contributed by atoms with Gasteiger partial charge in [-0.15, -0.1) is 0 Å². The van der Waals surface area contributed by atoms with Gasteiger partial charge in [0.05, 0.1) is 16.4 Å². The van der Waals surface area contributed by atoms with E-state index >= 15 is 0 Å². The molecule has 1 heterocycles. The smallest absolute Gasteiger partial charge is 0.416 e. The van der Waals surface area contributed by atoms with Gasteiger partial charge in [0.25, 0.3) is 0 Å². The number of halogens is 3. The van der Waals surface area contributed by atoms with E-state index in [4.69, 9.17) is 4.74 Å². The summed E-state index contributed by atoms with van der Waals surface area (Å²) in [7, 11) is -1.57. The third-order valence-corrected chi connectivity index (χ3v) is 8.30. The molecule has 1 saturated heterocycles. The molecule has 1 saturated carbocycles. The van der Waals surface area contributed by atoms with E-state index < -0.39 is 45.9 Å². The maximum absolute atomic E-state index is 13.1. The van der Waals surface area contributed by atoms with Crippen LogP contribution in [0.4, 0.5) is 13.2 Å². The Hall–Kier alpha value is -2.48. The van der Waals surface area contributed by atoms with Gasteiger partial charge in [-0.3, -0.25) is 13.8 Å². The fourth-order valence-corrected chi connectivity index (χ4v) is 6.41. The fourth-order valence-electron chi connectivity index (χ4n) is 4.81. The number of Topliss-reactive ketones (excluding diaryl/α,β-unsaturated/α-hetero) is 1. The van der Waals surface area contributed by atoms with Gasteiger partial charge in [-0.2, -0.15) is 13.2 Å². The van der Waals surface area contributed by atoms with E-state index in [1.165, 1.54) is 12.1 Å². The molecular formula is C25H25F3O4S. The number of alkyl halides is 3. The molecule has 0 bridgehead atoms. The van der Waals surface area contributed by atoms with Crippen LogP contribution in [0.3, 0.4) is 0 Å². The number of hydrogen-bond acceptors (Lipinski definition) is 4. The largest absolute Gasteiger partial charge is 0.460 e. The molecule has 1 aliphatic heterocycles. The maximum atomic E-state index is 13.1. The monoisotopic (exact) mass is 478 g/mol. The third-order valence-electron chi connectivity index (χ3n) is 6.67. The highest BCUT2D eigenvalue weighted by molar-refractivity contribution is 7.85. The van der Waals surface area contributed by atoms with E-state index in [9.17, 15) is 27.0 Å². The summed E-state index contributed by atoms with van der Waals surface area (Å²) in [5.74, 6) is -1.62. The molecule has 2 aromatic carbocycles. The van der Waals surface area contributed by atoms with Crippen LogP contribution in [-0.4, -0.2) is 27.8 Å². The normalized spacial score (nSPS) is 23.2. The lowest BCUT2D eigenvalue weighted by Gasteiger charge is -2.33. The molecule has 1 aliphatic carbocycles. The minimum absolute atomic E-state index is 0.0490. The van der Waals surface area contributed by atoms with E-state index in [0.29, 0.717) is 18.4 Å². The summed E-state index contributed by atoms with van der Waals surface area (Å²) < 4.78 is 57.0. The molecule has 0 amide bonds. The standard InChI is InChI=1S/C25H25F3O4S/c1-14-10-15(2)21(16(3)11-14)22-19(29)12-20(32-23(22)30)24(8-9-24)13-33(31)18-6-4-17(5-7-18)25(26,27)28/h4-7,10-11,20,22H,8-9,12-13H2,1-3H3. The summed E-state index contributed by atoms with van der Waals surface area (Å²) in [6, 6.07) is 8.12. The van der Waals surface area contributed by atoms with Crippen LogP contribution in [0.25, 0.3) is 0 Å². The number of rotatable bonds is 5. The molecule has 4 nitrogen and oxygen atoms in total. The zero-order valence-electron chi connectivity index (χ0n) is 18.6. The van der Waals surface area contributed by atoms with Gasteiger partial charge in [0, 0.05) is 22.5 Å². The van der Waals surface area contributed by atoms with Crippen molar-refractivity contribution in [1.29, 1.82) is 0 Å². The van der Waals surface area contributed by atoms with E-state index in [2.05, 4.69) is 0 Å². The van der Waals surface area contributed by atoms with E-state index in [0.717, 1.165) is 28.8 Å². The zero-order valence-corrected chi connectivity index (χ0v) is 19.4. The third kappa shape index (κ3) is 4.63. The Balaban J connectivity index is 1.49. The summed E-state index contributed by atoms with van der Waals surface area (Å²) in [5, 5.41) is 0. The topological polar surface area (TPSA) is 60.4 Å². The molecule has 4 rings (SSSR count). The molecule has 33 heavy (non-hydrogen) atoms. The van der Waals surface area contributed by atoms with Crippen molar-refractivity contribution in [2.75, 3.05) is 5.75 Å². The highest BCUT2D eigenvalue weighted by Crippen LogP contribution is 2.54. The number of hydrogen-bond donors (Lipinski definition) is 0. The van der Waals surface area contributed by atoms with E-state index in [-0.39, 0.29) is 22.9 Å². The first-order chi connectivity index (χ1) is 15.4. The van der Waals surface area contributed by atoms with Crippen molar-refractivity contribution in [3.05, 3.63) is 64.2 Å². The van der Waals surface area contributed by atoms with Crippen LogP contribution in [0, 0.1) is 26.2 Å². The van der Waals surface area contributed by atoms with Gasteiger partial charge in [-0.1, -0.05) is 17.7 Å². The molecule has 3 unspecified atom stereocenters. The van der Waals surface area contributed by atoms with Crippen LogP contribution < -0.4 is 0 Å². The van der Waals surface area contributed by atoms with Crippen LogP contribution in [0.1, 0.15) is 53.0 Å². The quantitative estimate of drug-likeness (QED) is 0.439. The predicted octanol–water partition coefficient (Wildman–Crippen LogP) is 5.19. The number of cyclic esters (lactones) is 1. The number of ketones is 1. The molecule has 0 radical (unpaired) electrons. The molecule has 2 fully saturated rings. The Morgan fingerprint density at radius 1 is 1.03 bits per heavy atom. The minimum Gasteiger partial charge on any atom is -0.460 e. The Labute approximate surface area is 193 Å². The number of carbonyl (C=O) groups is 2. The SMILES string of the molecule is Cc1cc(C)c(C2C(=O)CC(C3(CS(=O)c4ccc(C(F)(F)F)cc4)CC3)OC2=O)c(C)c1. The van der Waals surface area contributed by atoms with Crippen molar-refractivity contribution in [1.82, 2.24) is 0 Å². The first kappa shape index (κ1) is 23.7. The number of benzene rings is 2. The average Bonchev–Trinajstić information content (AvgIpc) is 3.49. The van der Waals surface area contributed by atoms with Crippen LogP contribution >= 0.6 is 0 Å². The molecule has 0 aromatic heterocycles. The highest BCUT2D eigenvalue weighted by Gasteiger charge is 2.56. The number of aryl methyl sites for hydroxylation is 3. The molecule has 0 N–H and O–H groups in total. The average molecular weight is 479 g/mol. The van der Waals surface area contributed by atoms with Crippen LogP contribution in [0.2, 0.25) is 0 Å². The minimum atomic E-state index is -4.46. The highest BCUT2D eigenvalue weighted by atomic mass is 32.2. The van der Waals surface area contributed by atoms with Gasteiger partial charge in [0.15, 0.2) is 5.78 Å².